The van der Waals surface area contributed by atoms with Crippen molar-refractivity contribution in [3.63, 3.8) is 0 Å². The van der Waals surface area contributed by atoms with Crippen molar-refractivity contribution in [2.24, 2.45) is 0 Å². The Kier molecular flexibility index (Phi) is 13.5. The molecule has 27 heavy (non-hydrogen) atoms. The van der Waals surface area contributed by atoms with Gasteiger partial charge < -0.3 is 19.7 Å². The van der Waals surface area contributed by atoms with E-state index >= 15 is 0 Å². The Morgan fingerprint density at radius 3 is 2.30 bits per heavy atom. The van der Waals surface area contributed by atoms with Crippen LogP contribution in [0.5, 0.6) is 11.5 Å². The molecular weight excluding hydrogens is 336 g/mol. The fraction of sp³-hybridized carbons (Fsp3) is 0.652. The molecule has 0 aliphatic heterocycles. The first-order chi connectivity index (χ1) is 13.2. The van der Waals surface area contributed by atoms with Crippen LogP contribution in [0.4, 0.5) is 0 Å². The third-order valence-electron chi connectivity index (χ3n) is 4.48. The molecule has 154 valence electrons. The van der Waals surface area contributed by atoms with Crippen molar-refractivity contribution in [3.8, 4) is 11.5 Å². The van der Waals surface area contributed by atoms with Gasteiger partial charge in [-0.15, -0.1) is 0 Å². The molecule has 0 amide bonds. The van der Waals surface area contributed by atoms with E-state index in [1.165, 1.54) is 57.3 Å². The van der Waals surface area contributed by atoms with Gasteiger partial charge in [0.25, 0.3) is 0 Å². The molecular formula is C23H40N2O2. The van der Waals surface area contributed by atoms with Crippen molar-refractivity contribution in [2.75, 3.05) is 39.4 Å². The standard InChI is InChI=1S/C23H40N2O2/c1-5-9-15-25(16-10-6-2)17-11-14-24-20-21-12-13-22(27-18-7-3)23(19-21)26-8-4/h7,12-13,19,24H,3,5-6,8-11,14-18,20H2,1-2,4H3. The van der Waals surface area contributed by atoms with E-state index in [1.807, 2.05) is 13.0 Å². The van der Waals surface area contributed by atoms with E-state index in [4.69, 9.17) is 9.47 Å². The Labute approximate surface area is 166 Å². The Hall–Kier alpha value is -1.52. The highest BCUT2D eigenvalue weighted by molar-refractivity contribution is 5.43. The van der Waals surface area contributed by atoms with Crippen LogP contribution >= 0.6 is 0 Å². The van der Waals surface area contributed by atoms with Gasteiger partial charge >= 0.3 is 0 Å². The Morgan fingerprint density at radius 2 is 1.67 bits per heavy atom. The molecule has 4 nitrogen and oxygen atoms in total. The number of hydrogen-bond acceptors (Lipinski definition) is 4. The van der Waals surface area contributed by atoms with Crippen LogP contribution < -0.4 is 14.8 Å². The molecule has 0 spiro atoms. The van der Waals surface area contributed by atoms with Gasteiger partial charge in [-0.2, -0.15) is 0 Å². The second-order valence-electron chi connectivity index (χ2n) is 6.89. The van der Waals surface area contributed by atoms with Crippen molar-refractivity contribution < 1.29 is 9.47 Å². The van der Waals surface area contributed by atoms with Crippen molar-refractivity contribution >= 4 is 0 Å². The molecule has 0 saturated carbocycles. The summed E-state index contributed by atoms with van der Waals surface area (Å²) in [5.41, 5.74) is 1.22. The van der Waals surface area contributed by atoms with Crippen LogP contribution in [-0.2, 0) is 6.54 Å². The minimum atomic E-state index is 0.490. The lowest BCUT2D eigenvalue weighted by atomic mass is 10.2. The molecule has 0 atom stereocenters. The van der Waals surface area contributed by atoms with E-state index < -0.39 is 0 Å². The Morgan fingerprint density at radius 1 is 0.963 bits per heavy atom. The molecule has 1 aromatic rings. The first-order valence-corrected chi connectivity index (χ1v) is 10.7. The lowest BCUT2D eigenvalue weighted by molar-refractivity contribution is 0.261. The summed E-state index contributed by atoms with van der Waals surface area (Å²) in [6.45, 7) is 16.9. The number of ether oxygens (including phenoxy) is 2. The van der Waals surface area contributed by atoms with Crippen LogP contribution in [0.3, 0.4) is 0 Å². The summed E-state index contributed by atoms with van der Waals surface area (Å²) in [4.78, 5) is 2.62. The first kappa shape index (κ1) is 23.5. The summed E-state index contributed by atoms with van der Waals surface area (Å²) in [6.07, 6.45) is 8.09. The van der Waals surface area contributed by atoms with Gasteiger partial charge in [0.05, 0.1) is 6.61 Å². The maximum absolute atomic E-state index is 5.71. The average Bonchev–Trinajstić information content (AvgIpc) is 2.68. The fourth-order valence-corrected chi connectivity index (χ4v) is 2.96. The number of benzene rings is 1. The molecule has 0 aliphatic rings. The number of hydrogen-bond donors (Lipinski definition) is 1. The van der Waals surface area contributed by atoms with E-state index in [2.05, 4.69) is 42.8 Å². The van der Waals surface area contributed by atoms with Gasteiger partial charge in [0.1, 0.15) is 6.61 Å². The summed E-state index contributed by atoms with van der Waals surface area (Å²) in [7, 11) is 0. The van der Waals surface area contributed by atoms with Crippen LogP contribution in [-0.4, -0.2) is 44.3 Å². The highest BCUT2D eigenvalue weighted by Crippen LogP contribution is 2.28. The monoisotopic (exact) mass is 376 g/mol. The minimum Gasteiger partial charge on any atom is -0.490 e. The quantitative estimate of drug-likeness (QED) is 0.305. The molecule has 0 bridgehead atoms. The highest BCUT2D eigenvalue weighted by Gasteiger charge is 2.07. The van der Waals surface area contributed by atoms with E-state index in [0.717, 1.165) is 24.6 Å². The first-order valence-electron chi connectivity index (χ1n) is 10.7. The second kappa shape index (κ2) is 15.5. The smallest absolute Gasteiger partial charge is 0.161 e. The molecule has 0 radical (unpaired) electrons. The topological polar surface area (TPSA) is 33.7 Å². The molecule has 0 saturated heterocycles. The second-order valence-corrected chi connectivity index (χ2v) is 6.89. The average molecular weight is 377 g/mol. The number of nitrogens with one attached hydrogen (secondary N) is 1. The van der Waals surface area contributed by atoms with Crippen molar-refractivity contribution in [3.05, 3.63) is 36.4 Å². The molecule has 0 aliphatic carbocycles. The van der Waals surface area contributed by atoms with E-state index in [0.29, 0.717) is 13.2 Å². The molecule has 4 heteroatoms. The predicted octanol–water partition coefficient (Wildman–Crippen LogP) is 5.03. The fourth-order valence-electron chi connectivity index (χ4n) is 2.96. The van der Waals surface area contributed by atoms with E-state index in [1.54, 1.807) is 6.08 Å². The van der Waals surface area contributed by atoms with Crippen LogP contribution in [0.15, 0.2) is 30.9 Å². The van der Waals surface area contributed by atoms with Gasteiger partial charge in [0.15, 0.2) is 11.5 Å². The van der Waals surface area contributed by atoms with E-state index in [-0.39, 0.29) is 0 Å². The SMILES string of the molecule is C=CCOc1ccc(CNCCCN(CCCC)CCCC)cc1OCC. The maximum Gasteiger partial charge on any atom is 0.161 e. The van der Waals surface area contributed by atoms with Crippen LogP contribution in [0.2, 0.25) is 0 Å². The van der Waals surface area contributed by atoms with Crippen molar-refractivity contribution in [1.29, 1.82) is 0 Å². The molecule has 0 heterocycles. The van der Waals surface area contributed by atoms with Gasteiger partial charge in [0, 0.05) is 6.54 Å². The Balaban J connectivity index is 2.39. The largest absolute Gasteiger partial charge is 0.490 e. The van der Waals surface area contributed by atoms with Gasteiger partial charge in [-0.05, 0) is 70.1 Å². The lowest BCUT2D eigenvalue weighted by Gasteiger charge is -2.22. The highest BCUT2D eigenvalue weighted by atomic mass is 16.5. The summed E-state index contributed by atoms with van der Waals surface area (Å²) >= 11 is 0. The van der Waals surface area contributed by atoms with Crippen molar-refractivity contribution in [1.82, 2.24) is 10.2 Å². The normalized spacial score (nSPS) is 11.0. The predicted molar refractivity (Wildman–Crippen MR) is 116 cm³/mol. The van der Waals surface area contributed by atoms with Gasteiger partial charge in [-0.1, -0.05) is 45.4 Å². The molecule has 0 unspecified atom stereocenters. The van der Waals surface area contributed by atoms with Crippen LogP contribution in [0, 0.1) is 0 Å². The molecule has 1 aromatic carbocycles. The van der Waals surface area contributed by atoms with Gasteiger partial charge in [-0.3, -0.25) is 0 Å². The number of rotatable bonds is 17. The summed E-state index contributed by atoms with van der Waals surface area (Å²) in [5, 5.41) is 3.56. The zero-order chi connectivity index (χ0) is 19.7. The van der Waals surface area contributed by atoms with Crippen LogP contribution in [0.1, 0.15) is 58.4 Å². The van der Waals surface area contributed by atoms with E-state index in [9.17, 15) is 0 Å². The molecule has 0 fully saturated rings. The maximum atomic E-state index is 5.71. The summed E-state index contributed by atoms with van der Waals surface area (Å²) in [6, 6.07) is 6.16. The minimum absolute atomic E-state index is 0.490. The number of unbranched alkanes of at least 4 members (excludes halogenated alkanes) is 2. The van der Waals surface area contributed by atoms with Gasteiger partial charge in [0.2, 0.25) is 0 Å². The van der Waals surface area contributed by atoms with Gasteiger partial charge in [-0.25, -0.2) is 0 Å². The summed E-state index contributed by atoms with van der Waals surface area (Å²) < 4.78 is 11.4. The summed E-state index contributed by atoms with van der Waals surface area (Å²) in [5.74, 6) is 1.59. The number of nitrogens with zero attached hydrogens (tertiary/aromatic N) is 1. The third-order valence-corrected chi connectivity index (χ3v) is 4.48. The Bertz CT molecular complexity index is 497. The van der Waals surface area contributed by atoms with Crippen LogP contribution in [0.25, 0.3) is 0 Å². The lowest BCUT2D eigenvalue weighted by Crippen LogP contribution is -2.29. The van der Waals surface area contributed by atoms with Crippen molar-refractivity contribution in [2.45, 2.75) is 59.4 Å². The molecule has 0 aromatic heterocycles. The third kappa shape index (κ3) is 10.4. The zero-order valence-electron chi connectivity index (χ0n) is 17.8. The molecule has 1 N–H and O–H groups in total. The molecule has 1 rings (SSSR count). The zero-order valence-corrected chi connectivity index (χ0v) is 17.8.